The van der Waals surface area contributed by atoms with Crippen LogP contribution in [0.5, 0.6) is 0 Å². The lowest BCUT2D eigenvalue weighted by Crippen LogP contribution is -2.43. The van der Waals surface area contributed by atoms with E-state index in [2.05, 4.69) is 15.3 Å². The van der Waals surface area contributed by atoms with Crippen molar-refractivity contribution in [3.63, 3.8) is 0 Å². The average molecular weight is 406 g/mol. The van der Waals surface area contributed by atoms with Gasteiger partial charge in [-0.25, -0.2) is 4.68 Å². The predicted octanol–water partition coefficient (Wildman–Crippen LogP) is 2.05. The Bertz CT molecular complexity index is 1100. The van der Waals surface area contributed by atoms with E-state index in [-0.39, 0.29) is 23.2 Å². The Labute approximate surface area is 175 Å². The molecule has 1 aliphatic heterocycles. The van der Waals surface area contributed by atoms with Gasteiger partial charge in [-0.2, -0.15) is 5.10 Å². The van der Waals surface area contributed by atoms with E-state index in [9.17, 15) is 9.59 Å². The number of ether oxygens (including phenoxy) is 1. The number of aromatic nitrogens is 2. The number of carbonyl (C=O) groups is 1. The second kappa shape index (κ2) is 8.77. The number of benzene rings is 2. The molecule has 0 spiro atoms. The van der Waals surface area contributed by atoms with E-state index in [0.29, 0.717) is 30.5 Å². The topological polar surface area (TPSA) is 76.5 Å². The fourth-order valence-corrected chi connectivity index (χ4v) is 3.77. The van der Waals surface area contributed by atoms with Gasteiger partial charge < -0.3 is 10.1 Å². The van der Waals surface area contributed by atoms with Gasteiger partial charge in [-0.05, 0) is 18.6 Å². The summed E-state index contributed by atoms with van der Waals surface area (Å²) in [5.74, 6) is -0.291. The molecule has 1 aromatic heterocycles. The van der Waals surface area contributed by atoms with Gasteiger partial charge in [0.15, 0.2) is 5.69 Å². The largest absolute Gasteiger partial charge is 0.379 e. The Morgan fingerprint density at radius 1 is 1.10 bits per heavy atom. The molecule has 1 fully saturated rings. The fourth-order valence-electron chi connectivity index (χ4n) is 3.77. The van der Waals surface area contributed by atoms with Crippen molar-refractivity contribution in [1.29, 1.82) is 0 Å². The number of morpholine rings is 1. The third-order valence-corrected chi connectivity index (χ3v) is 5.50. The zero-order valence-electron chi connectivity index (χ0n) is 17.3. The van der Waals surface area contributed by atoms with Crippen molar-refractivity contribution in [2.45, 2.75) is 13.0 Å². The van der Waals surface area contributed by atoms with Crippen LogP contribution in [0, 0.1) is 6.92 Å². The molecule has 1 N–H and O–H groups in total. The van der Waals surface area contributed by atoms with Gasteiger partial charge in [0.05, 0.1) is 24.6 Å². The Morgan fingerprint density at radius 3 is 2.47 bits per heavy atom. The molecule has 1 saturated heterocycles. The van der Waals surface area contributed by atoms with Crippen LogP contribution < -0.4 is 10.9 Å². The van der Waals surface area contributed by atoms with E-state index in [0.717, 1.165) is 18.7 Å². The Morgan fingerprint density at radius 2 is 1.77 bits per heavy atom. The number of carbonyl (C=O) groups excluding carboxylic acids is 1. The molecular weight excluding hydrogens is 380 g/mol. The van der Waals surface area contributed by atoms with E-state index in [4.69, 9.17) is 4.74 Å². The molecule has 1 atom stereocenters. The number of hydrogen-bond donors (Lipinski definition) is 1. The van der Waals surface area contributed by atoms with Crippen LogP contribution in [0.3, 0.4) is 0 Å². The highest BCUT2D eigenvalue weighted by Gasteiger charge is 2.23. The first-order valence-corrected chi connectivity index (χ1v) is 10.2. The summed E-state index contributed by atoms with van der Waals surface area (Å²) in [7, 11) is 1.57. The van der Waals surface area contributed by atoms with Crippen molar-refractivity contribution < 1.29 is 9.53 Å². The molecule has 1 amide bonds. The summed E-state index contributed by atoms with van der Waals surface area (Å²) in [6.45, 7) is 5.78. The molecule has 156 valence electrons. The Balaban J connectivity index is 1.66. The molecule has 0 unspecified atom stereocenters. The van der Waals surface area contributed by atoms with E-state index in [1.54, 1.807) is 25.2 Å². The van der Waals surface area contributed by atoms with Crippen LogP contribution in [0.15, 0.2) is 53.3 Å². The van der Waals surface area contributed by atoms with Crippen LogP contribution in [0.2, 0.25) is 0 Å². The molecule has 0 radical (unpaired) electrons. The first kappa shape index (κ1) is 20.3. The van der Waals surface area contributed by atoms with Crippen molar-refractivity contribution in [2.24, 2.45) is 7.05 Å². The summed E-state index contributed by atoms with van der Waals surface area (Å²) >= 11 is 0. The third-order valence-electron chi connectivity index (χ3n) is 5.50. The zero-order valence-corrected chi connectivity index (χ0v) is 17.3. The fraction of sp³-hybridized carbons (Fsp3) is 0.348. The van der Waals surface area contributed by atoms with Gasteiger partial charge in [-0.1, -0.05) is 48.0 Å². The molecule has 7 heteroatoms. The highest BCUT2D eigenvalue weighted by Crippen LogP contribution is 2.19. The summed E-state index contributed by atoms with van der Waals surface area (Å²) in [6, 6.07) is 15.1. The molecule has 30 heavy (non-hydrogen) atoms. The lowest BCUT2D eigenvalue weighted by molar-refractivity contribution is 0.0332. The number of nitrogens with one attached hydrogen (secondary N) is 1. The number of rotatable bonds is 5. The Hall–Kier alpha value is -3.03. The maximum Gasteiger partial charge on any atom is 0.274 e. The van der Waals surface area contributed by atoms with Crippen molar-refractivity contribution in [2.75, 3.05) is 32.8 Å². The van der Waals surface area contributed by atoms with Crippen LogP contribution in [0.1, 0.15) is 27.7 Å². The standard InChI is InChI=1S/C23H26N4O3/c1-16-7-9-17(10-8-16)20(15-27-11-13-30-14-12-27)24-22(28)21-18-5-3-4-6-19(18)23(29)26(2)25-21/h3-10,20H,11-15H2,1-2H3,(H,24,28)/t20-/m1/s1. The maximum absolute atomic E-state index is 13.3. The molecule has 2 aromatic carbocycles. The number of hydrogen-bond acceptors (Lipinski definition) is 5. The molecule has 2 heterocycles. The number of aryl methyl sites for hydroxylation is 2. The summed E-state index contributed by atoms with van der Waals surface area (Å²) in [4.78, 5) is 28.0. The molecule has 0 bridgehead atoms. The highest BCUT2D eigenvalue weighted by atomic mass is 16.5. The normalized spacial score (nSPS) is 15.8. The van der Waals surface area contributed by atoms with Crippen LogP contribution in [0.4, 0.5) is 0 Å². The molecule has 3 aromatic rings. The average Bonchev–Trinajstić information content (AvgIpc) is 2.77. The molecule has 7 nitrogen and oxygen atoms in total. The molecule has 0 saturated carbocycles. The molecular formula is C23H26N4O3. The first-order chi connectivity index (χ1) is 14.5. The lowest BCUT2D eigenvalue weighted by Gasteiger charge is -2.31. The first-order valence-electron chi connectivity index (χ1n) is 10.2. The van der Waals surface area contributed by atoms with Gasteiger partial charge in [0.25, 0.3) is 11.5 Å². The minimum absolute atomic E-state index is 0.200. The lowest BCUT2D eigenvalue weighted by atomic mass is 10.0. The molecule has 1 aliphatic rings. The third kappa shape index (κ3) is 4.27. The summed E-state index contributed by atoms with van der Waals surface area (Å²) < 4.78 is 6.68. The minimum atomic E-state index is -0.291. The smallest absolute Gasteiger partial charge is 0.274 e. The van der Waals surface area contributed by atoms with E-state index < -0.39 is 0 Å². The van der Waals surface area contributed by atoms with Crippen molar-refractivity contribution in [1.82, 2.24) is 20.0 Å². The van der Waals surface area contributed by atoms with Gasteiger partial charge >= 0.3 is 0 Å². The van der Waals surface area contributed by atoms with Gasteiger partial charge in [-0.3, -0.25) is 14.5 Å². The van der Waals surface area contributed by atoms with Gasteiger partial charge in [0.2, 0.25) is 0 Å². The summed E-state index contributed by atoms with van der Waals surface area (Å²) in [5, 5.41) is 8.47. The second-order valence-electron chi connectivity index (χ2n) is 7.67. The van der Waals surface area contributed by atoms with Crippen LogP contribution in [-0.4, -0.2) is 53.4 Å². The Kier molecular flexibility index (Phi) is 5.92. The van der Waals surface area contributed by atoms with Crippen molar-refractivity contribution in [3.8, 4) is 0 Å². The van der Waals surface area contributed by atoms with E-state index in [1.165, 1.54) is 10.2 Å². The zero-order chi connectivity index (χ0) is 21.1. The van der Waals surface area contributed by atoms with Gasteiger partial charge in [0, 0.05) is 32.1 Å². The number of fused-ring (bicyclic) bond motifs is 1. The van der Waals surface area contributed by atoms with Crippen LogP contribution >= 0.6 is 0 Å². The maximum atomic E-state index is 13.3. The monoisotopic (exact) mass is 406 g/mol. The second-order valence-corrected chi connectivity index (χ2v) is 7.67. The SMILES string of the molecule is Cc1ccc([C@@H](CN2CCOCC2)NC(=O)c2nn(C)c(=O)c3ccccc23)cc1. The molecule has 4 rings (SSSR count). The van der Waals surface area contributed by atoms with Crippen molar-refractivity contribution >= 4 is 16.7 Å². The summed E-state index contributed by atoms with van der Waals surface area (Å²) in [5.41, 5.74) is 2.24. The molecule has 0 aliphatic carbocycles. The van der Waals surface area contributed by atoms with Crippen LogP contribution in [-0.2, 0) is 11.8 Å². The van der Waals surface area contributed by atoms with Gasteiger partial charge in [-0.15, -0.1) is 0 Å². The number of amides is 1. The highest BCUT2D eigenvalue weighted by molar-refractivity contribution is 6.04. The summed E-state index contributed by atoms with van der Waals surface area (Å²) in [6.07, 6.45) is 0. The minimum Gasteiger partial charge on any atom is -0.379 e. The number of nitrogens with zero attached hydrogens (tertiary/aromatic N) is 3. The van der Waals surface area contributed by atoms with E-state index in [1.807, 2.05) is 37.3 Å². The van der Waals surface area contributed by atoms with Crippen LogP contribution in [0.25, 0.3) is 10.8 Å². The van der Waals surface area contributed by atoms with Crippen molar-refractivity contribution in [3.05, 3.63) is 75.7 Å². The quantitative estimate of drug-likeness (QED) is 0.702. The van der Waals surface area contributed by atoms with Gasteiger partial charge in [0.1, 0.15) is 0 Å². The predicted molar refractivity (Wildman–Crippen MR) is 116 cm³/mol. The van der Waals surface area contributed by atoms with E-state index >= 15 is 0 Å².